The van der Waals surface area contributed by atoms with Crippen molar-refractivity contribution >= 4 is 23.0 Å². The molecule has 0 saturated heterocycles. The van der Waals surface area contributed by atoms with Crippen molar-refractivity contribution in [3.05, 3.63) is 41.2 Å². The Labute approximate surface area is 105 Å². The number of hydrogen-bond acceptors (Lipinski definition) is 3. The molecule has 0 amide bonds. The molecule has 1 heterocycles. The highest BCUT2D eigenvalue weighted by atomic mass is 35.5. The Morgan fingerprint density at radius 2 is 2.29 bits per heavy atom. The van der Waals surface area contributed by atoms with E-state index >= 15 is 0 Å². The van der Waals surface area contributed by atoms with Gasteiger partial charge in [0.05, 0.1) is 17.6 Å². The van der Waals surface area contributed by atoms with Crippen LogP contribution in [-0.2, 0) is 13.5 Å². The van der Waals surface area contributed by atoms with E-state index in [2.05, 4.69) is 10.4 Å². The van der Waals surface area contributed by atoms with Gasteiger partial charge in [0.15, 0.2) is 0 Å². The first-order chi connectivity index (χ1) is 8.15. The maximum absolute atomic E-state index is 5.91. The lowest BCUT2D eigenvalue weighted by atomic mass is 10.2. The fourth-order valence-electron chi connectivity index (χ4n) is 1.62. The van der Waals surface area contributed by atoms with Gasteiger partial charge >= 0.3 is 0 Å². The standard InChI is InChI=1S/C12H15ClN4/c1-17-8-9(7-16-17)4-5-15-12-6-10(13)2-3-11(12)14/h2-3,6-8,15H,4-5,14H2,1H3. The second-order valence-corrected chi connectivity index (χ2v) is 4.37. The molecule has 0 aliphatic carbocycles. The number of anilines is 2. The Balaban J connectivity index is 1.91. The van der Waals surface area contributed by atoms with Gasteiger partial charge in [0.2, 0.25) is 0 Å². The zero-order chi connectivity index (χ0) is 12.3. The van der Waals surface area contributed by atoms with Gasteiger partial charge in [0.25, 0.3) is 0 Å². The zero-order valence-electron chi connectivity index (χ0n) is 9.65. The molecule has 1 aromatic carbocycles. The van der Waals surface area contributed by atoms with E-state index in [4.69, 9.17) is 17.3 Å². The Morgan fingerprint density at radius 1 is 1.47 bits per heavy atom. The van der Waals surface area contributed by atoms with Crippen LogP contribution >= 0.6 is 11.6 Å². The number of nitrogens with one attached hydrogen (secondary N) is 1. The summed E-state index contributed by atoms with van der Waals surface area (Å²) in [6.07, 6.45) is 4.77. The molecule has 5 heteroatoms. The van der Waals surface area contributed by atoms with Crippen LogP contribution < -0.4 is 11.1 Å². The normalized spacial score (nSPS) is 10.5. The van der Waals surface area contributed by atoms with Crippen molar-refractivity contribution in [2.75, 3.05) is 17.6 Å². The maximum Gasteiger partial charge on any atom is 0.0588 e. The molecule has 0 aliphatic rings. The molecule has 0 aliphatic heterocycles. The summed E-state index contributed by atoms with van der Waals surface area (Å²) in [6, 6.07) is 5.41. The van der Waals surface area contributed by atoms with Crippen LogP contribution in [0.25, 0.3) is 0 Å². The van der Waals surface area contributed by atoms with Crippen molar-refractivity contribution in [1.82, 2.24) is 9.78 Å². The number of benzene rings is 1. The van der Waals surface area contributed by atoms with E-state index in [1.807, 2.05) is 25.5 Å². The van der Waals surface area contributed by atoms with Gasteiger partial charge in [-0.2, -0.15) is 5.10 Å². The smallest absolute Gasteiger partial charge is 0.0588 e. The first-order valence-electron chi connectivity index (χ1n) is 5.41. The van der Waals surface area contributed by atoms with Crippen molar-refractivity contribution in [2.24, 2.45) is 7.05 Å². The molecule has 0 unspecified atom stereocenters. The number of halogens is 1. The molecule has 0 spiro atoms. The molecule has 17 heavy (non-hydrogen) atoms. The minimum atomic E-state index is 0.683. The van der Waals surface area contributed by atoms with Crippen molar-refractivity contribution in [3.63, 3.8) is 0 Å². The van der Waals surface area contributed by atoms with Crippen LogP contribution in [0.2, 0.25) is 5.02 Å². The molecular weight excluding hydrogens is 236 g/mol. The second kappa shape index (κ2) is 5.10. The molecule has 4 nitrogen and oxygen atoms in total. The highest BCUT2D eigenvalue weighted by Gasteiger charge is 2.00. The predicted octanol–water partition coefficient (Wildman–Crippen LogP) is 2.31. The number of nitrogens with zero attached hydrogens (tertiary/aromatic N) is 2. The molecular formula is C12H15ClN4. The molecule has 0 radical (unpaired) electrons. The first kappa shape index (κ1) is 11.8. The summed E-state index contributed by atoms with van der Waals surface area (Å²) >= 11 is 5.91. The summed E-state index contributed by atoms with van der Waals surface area (Å²) in [5, 5.41) is 8.07. The highest BCUT2D eigenvalue weighted by Crippen LogP contribution is 2.22. The van der Waals surface area contributed by atoms with Gasteiger partial charge in [-0.3, -0.25) is 4.68 Å². The third kappa shape index (κ3) is 3.14. The van der Waals surface area contributed by atoms with Crippen molar-refractivity contribution in [2.45, 2.75) is 6.42 Å². The van der Waals surface area contributed by atoms with E-state index in [9.17, 15) is 0 Å². The number of aromatic nitrogens is 2. The van der Waals surface area contributed by atoms with Crippen LogP contribution in [0.5, 0.6) is 0 Å². The summed E-state index contributed by atoms with van der Waals surface area (Å²) in [4.78, 5) is 0. The topological polar surface area (TPSA) is 55.9 Å². The van der Waals surface area contributed by atoms with Gasteiger partial charge in [-0.15, -0.1) is 0 Å². The minimum Gasteiger partial charge on any atom is -0.397 e. The van der Waals surface area contributed by atoms with Crippen LogP contribution in [0.4, 0.5) is 11.4 Å². The van der Waals surface area contributed by atoms with E-state index in [0.717, 1.165) is 18.7 Å². The molecule has 3 N–H and O–H groups in total. The lowest BCUT2D eigenvalue weighted by molar-refractivity contribution is 0.767. The molecule has 2 aromatic rings. The quantitative estimate of drug-likeness (QED) is 0.819. The monoisotopic (exact) mass is 250 g/mol. The molecule has 0 atom stereocenters. The highest BCUT2D eigenvalue weighted by molar-refractivity contribution is 6.31. The molecule has 0 saturated carbocycles. The average Bonchev–Trinajstić information content (AvgIpc) is 2.69. The van der Waals surface area contributed by atoms with Gasteiger partial charge in [-0.25, -0.2) is 0 Å². The van der Waals surface area contributed by atoms with Crippen LogP contribution in [0, 0.1) is 0 Å². The maximum atomic E-state index is 5.91. The zero-order valence-corrected chi connectivity index (χ0v) is 10.4. The molecule has 1 aromatic heterocycles. The van der Waals surface area contributed by atoms with Crippen molar-refractivity contribution < 1.29 is 0 Å². The number of nitrogen functional groups attached to an aromatic ring is 1. The van der Waals surface area contributed by atoms with Gasteiger partial charge in [0.1, 0.15) is 0 Å². The van der Waals surface area contributed by atoms with E-state index < -0.39 is 0 Å². The van der Waals surface area contributed by atoms with Crippen LogP contribution in [0.1, 0.15) is 5.56 Å². The van der Waals surface area contributed by atoms with Gasteiger partial charge in [0, 0.05) is 24.8 Å². The number of aryl methyl sites for hydroxylation is 1. The van der Waals surface area contributed by atoms with E-state index in [0.29, 0.717) is 10.7 Å². The van der Waals surface area contributed by atoms with E-state index in [1.54, 1.807) is 16.8 Å². The number of hydrogen-bond donors (Lipinski definition) is 2. The fourth-order valence-corrected chi connectivity index (χ4v) is 1.80. The predicted molar refractivity (Wildman–Crippen MR) is 71.3 cm³/mol. The van der Waals surface area contributed by atoms with Crippen molar-refractivity contribution in [3.8, 4) is 0 Å². The molecule has 0 bridgehead atoms. The summed E-state index contributed by atoms with van der Waals surface area (Å²) in [5.74, 6) is 0. The Kier molecular flexibility index (Phi) is 3.54. The van der Waals surface area contributed by atoms with Gasteiger partial charge in [-0.05, 0) is 30.2 Å². The van der Waals surface area contributed by atoms with Gasteiger partial charge < -0.3 is 11.1 Å². The fraction of sp³-hybridized carbons (Fsp3) is 0.250. The summed E-state index contributed by atoms with van der Waals surface area (Å²) in [5.41, 5.74) is 8.62. The minimum absolute atomic E-state index is 0.683. The summed E-state index contributed by atoms with van der Waals surface area (Å²) in [7, 11) is 1.91. The molecule has 2 rings (SSSR count). The van der Waals surface area contributed by atoms with Crippen LogP contribution in [-0.4, -0.2) is 16.3 Å². The largest absolute Gasteiger partial charge is 0.397 e. The Bertz CT molecular complexity index is 507. The lowest BCUT2D eigenvalue weighted by Gasteiger charge is -2.08. The van der Waals surface area contributed by atoms with E-state index in [-0.39, 0.29) is 0 Å². The lowest BCUT2D eigenvalue weighted by Crippen LogP contribution is -2.06. The Morgan fingerprint density at radius 3 is 3.00 bits per heavy atom. The SMILES string of the molecule is Cn1cc(CCNc2cc(Cl)ccc2N)cn1. The third-order valence-corrected chi connectivity index (χ3v) is 2.74. The first-order valence-corrected chi connectivity index (χ1v) is 5.79. The molecule has 90 valence electrons. The van der Waals surface area contributed by atoms with Crippen LogP contribution in [0.3, 0.4) is 0 Å². The number of rotatable bonds is 4. The van der Waals surface area contributed by atoms with Gasteiger partial charge in [-0.1, -0.05) is 11.6 Å². The van der Waals surface area contributed by atoms with Crippen molar-refractivity contribution in [1.29, 1.82) is 0 Å². The third-order valence-electron chi connectivity index (χ3n) is 2.50. The summed E-state index contributed by atoms with van der Waals surface area (Å²) < 4.78 is 1.79. The van der Waals surface area contributed by atoms with E-state index in [1.165, 1.54) is 5.56 Å². The number of nitrogens with two attached hydrogens (primary N) is 1. The Hall–Kier alpha value is -1.68. The summed E-state index contributed by atoms with van der Waals surface area (Å²) in [6.45, 7) is 0.802. The molecule has 0 fully saturated rings. The second-order valence-electron chi connectivity index (χ2n) is 3.93. The average molecular weight is 251 g/mol. The van der Waals surface area contributed by atoms with Crippen LogP contribution in [0.15, 0.2) is 30.6 Å².